The minimum absolute atomic E-state index is 0.837. The first-order valence-electron chi connectivity index (χ1n) is 5.14. The molecule has 1 aromatic carbocycles. The van der Waals surface area contributed by atoms with Crippen molar-refractivity contribution in [1.29, 1.82) is 0 Å². The Balaban J connectivity index is 2.04. The van der Waals surface area contributed by atoms with Crippen molar-refractivity contribution >= 4 is 32.4 Å². The van der Waals surface area contributed by atoms with Crippen LogP contribution in [0.15, 0.2) is 34.2 Å². The van der Waals surface area contributed by atoms with Gasteiger partial charge in [-0.1, -0.05) is 12.1 Å². The summed E-state index contributed by atoms with van der Waals surface area (Å²) in [5.41, 5.74) is 1.24. The summed E-state index contributed by atoms with van der Waals surface area (Å²) in [6.45, 7) is 0.837. The molecule has 2 aromatic rings. The van der Waals surface area contributed by atoms with Crippen LogP contribution in [0.25, 0.3) is 0 Å². The molecule has 0 unspecified atom stereocenters. The number of nitrogens with zero attached hydrogens (tertiary/aromatic N) is 2. The van der Waals surface area contributed by atoms with E-state index in [9.17, 15) is 0 Å². The fraction of sp³-hybridized carbons (Fsp3) is 0.250. The zero-order valence-corrected chi connectivity index (χ0v) is 12.1. The molecule has 0 aliphatic carbocycles. The molecule has 0 radical (unpaired) electrons. The van der Waals surface area contributed by atoms with Gasteiger partial charge in [-0.2, -0.15) is 0 Å². The lowest BCUT2D eigenvalue weighted by molar-refractivity contribution is 0.414. The van der Waals surface area contributed by atoms with Crippen LogP contribution in [0.5, 0.6) is 5.75 Å². The van der Waals surface area contributed by atoms with Crippen molar-refractivity contribution in [2.75, 3.05) is 19.1 Å². The fourth-order valence-corrected chi connectivity index (χ4v) is 2.71. The number of aromatic nitrogens is 1. The SMILES string of the molecule is COc1ccc(CN(C)c2nc(Br)cs2)cc1. The van der Waals surface area contributed by atoms with Crippen LogP contribution in [-0.2, 0) is 6.54 Å². The van der Waals surface area contributed by atoms with Gasteiger partial charge in [0.15, 0.2) is 5.13 Å². The Morgan fingerprint density at radius 3 is 2.59 bits per heavy atom. The van der Waals surface area contributed by atoms with E-state index in [4.69, 9.17) is 4.74 Å². The van der Waals surface area contributed by atoms with E-state index in [1.165, 1.54) is 5.56 Å². The van der Waals surface area contributed by atoms with Crippen LogP contribution in [0.3, 0.4) is 0 Å². The first kappa shape index (κ1) is 12.4. The highest BCUT2D eigenvalue weighted by atomic mass is 79.9. The summed E-state index contributed by atoms with van der Waals surface area (Å²) in [7, 11) is 3.71. The predicted octanol–water partition coefficient (Wildman–Crippen LogP) is 3.55. The van der Waals surface area contributed by atoms with Gasteiger partial charge in [0.05, 0.1) is 7.11 Å². The molecule has 17 heavy (non-hydrogen) atoms. The lowest BCUT2D eigenvalue weighted by atomic mass is 10.2. The lowest BCUT2D eigenvalue weighted by Gasteiger charge is -2.15. The summed E-state index contributed by atoms with van der Waals surface area (Å²) >= 11 is 4.99. The minimum Gasteiger partial charge on any atom is -0.497 e. The van der Waals surface area contributed by atoms with E-state index in [1.807, 2.05) is 24.6 Å². The number of hydrogen-bond acceptors (Lipinski definition) is 4. The minimum atomic E-state index is 0.837. The molecule has 1 heterocycles. The molecular formula is C12H13BrN2OS. The number of thiazole rings is 1. The molecule has 3 nitrogen and oxygen atoms in total. The summed E-state index contributed by atoms with van der Waals surface area (Å²) in [4.78, 5) is 6.50. The van der Waals surface area contributed by atoms with Crippen LogP contribution in [0.2, 0.25) is 0 Å². The van der Waals surface area contributed by atoms with E-state index in [1.54, 1.807) is 18.4 Å². The van der Waals surface area contributed by atoms with Crippen LogP contribution in [0.4, 0.5) is 5.13 Å². The number of ether oxygens (including phenoxy) is 1. The molecule has 0 atom stereocenters. The zero-order chi connectivity index (χ0) is 12.3. The van der Waals surface area contributed by atoms with Crippen molar-refractivity contribution in [2.24, 2.45) is 0 Å². The molecule has 0 spiro atoms. The summed E-state index contributed by atoms with van der Waals surface area (Å²) < 4.78 is 6.02. The van der Waals surface area contributed by atoms with Crippen molar-refractivity contribution in [3.63, 3.8) is 0 Å². The molecule has 5 heteroatoms. The lowest BCUT2D eigenvalue weighted by Crippen LogP contribution is -2.15. The Hall–Kier alpha value is -1.07. The zero-order valence-electron chi connectivity index (χ0n) is 9.68. The number of anilines is 1. The number of benzene rings is 1. The molecule has 0 amide bonds. The number of hydrogen-bond donors (Lipinski definition) is 0. The Kier molecular flexibility index (Phi) is 4.02. The largest absolute Gasteiger partial charge is 0.497 e. The molecule has 0 bridgehead atoms. The van der Waals surface area contributed by atoms with Crippen molar-refractivity contribution in [3.8, 4) is 5.75 Å². The van der Waals surface area contributed by atoms with E-state index in [-0.39, 0.29) is 0 Å². The Bertz CT molecular complexity index is 484. The van der Waals surface area contributed by atoms with Crippen LogP contribution >= 0.6 is 27.3 Å². The highest BCUT2D eigenvalue weighted by molar-refractivity contribution is 9.10. The summed E-state index contributed by atoms with van der Waals surface area (Å²) in [5, 5.41) is 2.99. The highest BCUT2D eigenvalue weighted by Gasteiger charge is 2.06. The quantitative estimate of drug-likeness (QED) is 0.863. The maximum Gasteiger partial charge on any atom is 0.186 e. The van der Waals surface area contributed by atoms with Gasteiger partial charge in [0.25, 0.3) is 0 Å². The van der Waals surface area contributed by atoms with E-state index >= 15 is 0 Å². The molecule has 0 aliphatic heterocycles. The number of halogens is 1. The van der Waals surface area contributed by atoms with Gasteiger partial charge in [-0.15, -0.1) is 11.3 Å². The first-order valence-corrected chi connectivity index (χ1v) is 6.81. The smallest absolute Gasteiger partial charge is 0.186 e. The van der Waals surface area contributed by atoms with Crippen molar-refractivity contribution in [2.45, 2.75) is 6.54 Å². The topological polar surface area (TPSA) is 25.4 Å². The van der Waals surface area contributed by atoms with Gasteiger partial charge >= 0.3 is 0 Å². The van der Waals surface area contributed by atoms with Crippen molar-refractivity contribution < 1.29 is 4.74 Å². The Morgan fingerprint density at radius 1 is 1.35 bits per heavy atom. The van der Waals surface area contributed by atoms with Gasteiger partial charge in [0.2, 0.25) is 0 Å². The van der Waals surface area contributed by atoms with Crippen LogP contribution in [0.1, 0.15) is 5.56 Å². The standard InChI is InChI=1S/C12H13BrN2OS/c1-15(12-14-11(13)8-17-12)7-9-3-5-10(16-2)6-4-9/h3-6,8H,7H2,1-2H3. The third-order valence-corrected chi connectivity index (χ3v) is 4.03. The molecule has 0 aliphatic rings. The third-order valence-electron chi connectivity index (χ3n) is 2.37. The summed E-state index contributed by atoms with van der Waals surface area (Å²) in [5.74, 6) is 0.883. The van der Waals surface area contributed by atoms with Crippen molar-refractivity contribution in [1.82, 2.24) is 4.98 Å². The van der Waals surface area contributed by atoms with Gasteiger partial charge < -0.3 is 9.64 Å². The van der Waals surface area contributed by atoms with Gasteiger partial charge in [0.1, 0.15) is 10.4 Å². The van der Waals surface area contributed by atoms with Crippen molar-refractivity contribution in [3.05, 3.63) is 39.8 Å². The number of rotatable bonds is 4. The summed E-state index contributed by atoms with van der Waals surface area (Å²) in [6, 6.07) is 8.08. The molecule has 90 valence electrons. The fourth-order valence-electron chi connectivity index (χ4n) is 1.49. The third kappa shape index (κ3) is 3.20. The normalized spacial score (nSPS) is 10.3. The predicted molar refractivity (Wildman–Crippen MR) is 74.9 cm³/mol. The van der Waals surface area contributed by atoms with Gasteiger partial charge in [0, 0.05) is 19.0 Å². The van der Waals surface area contributed by atoms with Crippen LogP contribution in [-0.4, -0.2) is 19.1 Å². The second kappa shape index (κ2) is 5.51. The molecule has 0 fully saturated rings. The van der Waals surface area contributed by atoms with Crippen LogP contribution in [0, 0.1) is 0 Å². The molecule has 0 saturated carbocycles. The van der Waals surface area contributed by atoms with Gasteiger partial charge in [-0.05, 0) is 33.6 Å². The molecule has 0 N–H and O–H groups in total. The average molecular weight is 313 g/mol. The summed E-state index contributed by atoms with van der Waals surface area (Å²) in [6.07, 6.45) is 0. The molecule has 0 saturated heterocycles. The van der Waals surface area contributed by atoms with E-state index in [0.717, 1.165) is 22.0 Å². The molecular weight excluding hydrogens is 300 g/mol. The van der Waals surface area contributed by atoms with Crippen LogP contribution < -0.4 is 9.64 Å². The second-order valence-electron chi connectivity index (χ2n) is 3.66. The Morgan fingerprint density at radius 2 is 2.06 bits per heavy atom. The monoisotopic (exact) mass is 312 g/mol. The van der Waals surface area contributed by atoms with E-state index in [0.29, 0.717) is 0 Å². The van der Waals surface area contributed by atoms with E-state index < -0.39 is 0 Å². The Labute approximate surface area is 113 Å². The molecule has 1 aromatic heterocycles. The maximum absolute atomic E-state index is 5.13. The maximum atomic E-state index is 5.13. The van der Waals surface area contributed by atoms with E-state index in [2.05, 4.69) is 37.9 Å². The van der Waals surface area contributed by atoms with Gasteiger partial charge in [-0.25, -0.2) is 4.98 Å². The first-order chi connectivity index (χ1) is 8.19. The highest BCUT2D eigenvalue weighted by Crippen LogP contribution is 2.24. The average Bonchev–Trinajstić information content (AvgIpc) is 2.77. The number of methoxy groups -OCH3 is 1. The molecule has 2 rings (SSSR count). The second-order valence-corrected chi connectivity index (χ2v) is 5.31. The van der Waals surface area contributed by atoms with Gasteiger partial charge in [-0.3, -0.25) is 0 Å².